The van der Waals surface area contributed by atoms with Gasteiger partial charge in [-0.25, -0.2) is 4.98 Å². The Morgan fingerprint density at radius 3 is 2.54 bits per heavy atom. The summed E-state index contributed by atoms with van der Waals surface area (Å²) in [6, 6.07) is 6.96. The summed E-state index contributed by atoms with van der Waals surface area (Å²) in [5.74, 6) is 1.41. The molecule has 8 heteroatoms. The summed E-state index contributed by atoms with van der Waals surface area (Å²) in [7, 11) is 0. The predicted molar refractivity (Wildman–Crippen MR) is 81.9 cm³/mol. The molecule has 126 valence electrons. The van der Waals surface area contributed by atoms with Gasteiger partial charge in [-0.05, 0) is 24.1 Å². The molecule has 24 heavy (non-hydrogen) atoms. The molecule has 0 spiro atoms. The Labute approximate surface area is 136 Å². The summed E-state index contributed by atoms with van der Waals surface area (Å²) in [5.41, 5.74) is 0.412. The first kappa shape index (κ1) is 17.6. The van der Waals surface area contributed by atoms with Gasteiger partial charge in [0.15, 0.2) is 6.61 Å². The normalized spacial score (nSPS) is 11.0. The fourth-order valence-corrected chi connectivity index (χ4v) is 1.85. The first-order valence-corrected chi connectivity index (χ1v) is 6.91. The molecule has 1 aromatic carbocycles. The maximum Gasteiger partial charge on any atom is 0.423 e. The fourth-order valence-electron chi connectivity index (χ4n) is 1.85. The Hall–Kier alpha value is -2.79. The zero-order valence-corrected chi connectivity index (χ0v) is 12.5. The van der Waals surface area contributed by atoms with E-state index in [1.807, 2.05) is 0 Å². The van der Waals surface area contributed by atoms with Crippen molar-refractivity contribution in [1.82, 2.24) is 9.97 Å². The summed E-state index contributed by atoms with van der Waals surface area (Å²) in [5, 5.41) is 11.6. The van der Waals surface area contributed by atoms with Gasteiger partial charge in [0.1, 0.15) is 5.56 Å². The van der Waals surface area contributed by atoms with Crippen LogP contribution in [0.2, 0.25) is 0 Å². The van der Waals surface area contributed by atoms with Crippen LogP contribution in [0.5, 0.6) is 5.88 Å². The molecule has 0 aliphatic heterocycles. The highest BCUT2D eigenvalue weighted by Crippen LogP contribution is 2.35. The number of hydrogen-bond acceptors (Lipinski definition) is 5. The number of rotatable bonds is 6. The smallest absolute Gasteiger partial charge is 0.423 e. The minimum Gasteiger partial charge on any atom is -0.464 e. The predicted octanol–water partition coefficient (Wildman–Crippen LogP) is 2.79. The van der Waals surface area contributed by atoms with E-state index < -0.39 is 17.6 Å². The molecule has 2 N–H and O–H groups in total. The zero-order valence-electron chi connectivity index (χ0n) is 12.5. The van der Waals surface area contributed by atoms with E-state index in [2.05, 4.69) is 21.2 Å². The van der Waals surface area contributed by atoms with Gasteiger partial charge in [-0.15, -0.1) is 6.42 Å². The van der Waals surface area contributed by atoms with Crippen LogP contribution in [0.3, 0.4) is 0 Å². The number of terminal acetylenes is 1. The van der Waals surface area contributed by atoms with Gasteiger partial charge in [-0.1, -0.05) is 18.1 Å². The molecule has 0 fully saturated rings. The number of anilines is 2. The van der Waals surface area contributed by atoms with Gasteiger partial charge in [-0.3, -0.25) is 0 Å². The Morgan fingerprint density at radius 1 is 1.25 bits per heavy atom. The number of nitrogens with one attached hydrogen (secondary N) is 1. The van der Waals surface area contributed by atoms with Crippen molar-refractivity contribution in [2.45, 2.75) is 12.6 Å². The minimum atomic E-state index is -4.64. The van der Waals surface area contributed by atoms with E-state index in [1.54, 1.807) is 24.3 Å². The average Bonchev–Trinajstić information content (AvgIpc) is 2.54. The Morgan fingerprint density at radius 2 is 1.96 bits per heavy atom. The van der Waals surface area contributed by atoms with Gasteiger partial charge >= 0.3 is 6.18 Å². The number of aromatic nitrogens is 2. The number of nitrogens with zero attached hydrogens (tertiary/aromatic N) is 2. The number of aliphatic hydroxyl groups is 1. The summed E-state index contributed by atoms with van der Waals surface area (Å²) in [6.07, 6.45) is 1.51. The summed E-state index contributed by atoms with van der Waals surface area (Å²) < 4.78 is 43.6. The quantitative estimate of drug-likeness (QED) is 0.794. The van der Waals surface area contributed by atoms with Gasteiger partial charge in [-0.2, -0.15) is 18.2 Å². The molecule has 2 rings (SSSR count). The fraction of sp³-hybridized carbons (Fsp3) is 0.250. The van der Waals surface area contributed by atoms with Crippen LogP contribution in [0.15, 0.2) is 30.5 Å². The van der Waals surface area contributed by atoms with Crippen molar-refractivity contribution < 1.29 is 23.0 Å². The van der Waals surface area contributed by atoms with Gasteiger partial charge in [0.25, 0.3) is 0 Å². The highest BCUT2D eigenvalue weighted by molar-refractivity contribution is 5.54. The maximum atomic E-state index is 12.9. The molecule has 0 aliphatic rings. The third-order valence-electron chi connectivity index (χ3n) is 2.96. The summed E-state index contributed by atoms with van der Waals surface area (Å²) in [4.78, 5) is 7.38. The van der Waals surface area contributed by atoms with E-state index in [4.69, 9.17) is 16.3 Å². The second-order valence-electron chi connectivity index (χ2n) is 4.70. The molecule has 0 atom stereocenters. The summed E-state index contributed by atoms with van der Waals surface area (Å²) >= 11 is 0. The van der Waals surface area contributed by atoms with E-state index in [1.165, 1.54) is 0 Å². The number of ether oxygens (including phenoxy) is 1. The Kier molecular flexibility index (Phi) is 5.60. The highest BCUT2D eigenvalue weighted by Gasteiger charge is 2.36. The molecular weight excluding hydrogens is 323 g/mol. The van der Waals surface area contributed by atoms with Crippen LogP contribution in [0.4, 0.5) is 24.8 Å². The first-order valence-electron chi connectivity index (χ1n) is 6.91. The molecule has 0 bridgehead atoms. The van der Waals surface area contributed by atoms with Gasteiger partial charge in [0.2, 0.25) is 11.8 Å². The molecule has 2 aromatic rings. The van der Waals surface area contributed by atoms with E-state index in [9.17, 15) is 13.2 Å². The van der Waals surface area contributed by atoms with Crippen LogP contribution < -0.4 is 10.1 Å². The molecular formula is C16H14F3N3O2. The van der Waals surface area contributed by atoms with Crippen LogP contribution in [-0.4, -0.2) is 28.3 Å². The lowest BCUT2D eigenvalue weighted by molar-refractivity contribution is -0.139. The Bertz CT molecular complexity index is 725. The number of aliphatic hydroxyl groups excluding tert-OH is 1. The van der Waals surface area contributed by atoms with Crippen molar-refractivity contribution in [1.29, 1.82) is 0 Å². The number of hydrogen-bond donors (Lipinski definition) is 2. The molecule has 0 aliphatic carbocycles. The van der Waals surface area contributed by atoms with Crippen molar-refractivity contribution in [2.75, 3.05) is 18.5 Å². The average molecular weight is 337 g/mol. The monoisotopic (exact) mass is 337 g/mol. The highest BCUT2D eigenvalue weighted by atomic mass is 19.4. The third kappa shape index (κ3) is 4.60. The molecule has 0 saturated heterocycles. The first-order chi connectivity index (χ1) is 11.4. The Balaban J connectivity index is 2.22. The number of benzene rings is 1. The van der Waals surface area contributed by atoms with E-state index in [0.717, 1.165) is 5.56 Å². The third-order valence-corrected chi connectivity index (χ3v) is 2.96. The van der Waals surface area contributed by atoms with Crippen LogP contribution in [0.1, 0.15) is 11.1 Å². The van der Waals surface area contributed by atoms with Crippen LogP contribution in [0.25, 0.3) is 0 Å². The van der Waals surface area contributed by atoms with Gasteiger partial charge in [0, 0.05) is 18.5 Å². The lowest BCUT2D eigenvalue weighted by Gasteiger charge is -2.13. The molecule has 1 aromatic heterocycles. The SMILES string of the molecule is C#CCOc1nc(Nc2ccc(CCO)cc2)ncc1C(F)(F)F. The lowest BCUT2D eigenvalue weighted by atomic mass is 10.1. The molecule has 0 saturated carbocycles. The molecule has 0 unspecified atom stereocenters. The number of alkyl halides is 3. The van der Waals surface area contributed by atoms with E-state index >= 15 is 0 Å². The van der Waals surface area contributed by atoms with Crippen LogP contribution in [0, 0.1) is 12.3 Å². The maximum absolute atomic E-state index is 12.9. The largest absolute Gasteiger partial charge is 0.464 e. The van der Waals surface area contributed by atoms with Gasteiger partial charge < -0.3 is 15.2 Å². The molecule has 0 radical (unpaired) electrons. The number of halogens is 3. The van der Waals surface area contributed by atoms with Crippen molar-refractivity contribution in [3.8, 4) is 18.2 Å². The van der Waals surface area contributed by atoms with Crippen LogP contribution >= 0.6 is 0 Å². The van der Waals surface area contributed by atoms with Crippen molar-refractivity contribution in [3.05, 3.63) is 41.6 Å². The van der Waals surface area contributed by atoms with E-state index in [-0.39, 0.29) is 19.2 Å². The second-order valence-corrected chi connectivity index (χ2v) is 4.70. The van der Waals surface area contributed by atoms with Crippen molar-refractivity contribution in [3.63, 3.8) is 0 Å². The molecule has 0 amide bonds. The minimum absolute atomic E-state index is 0.0324. The molecule has 1 heterocycles. The van der Waals surface area contributed by atoms with Crippen molar-refractivity contribution >= 4 is 11.6 Å². The standard InChI is InChI=1S/C16H14F3N3O2/c1-2-9-24-14-13(16(17,18)19)10-20-15(22-14)21-12-5-3-11(4-6-12)7-8-23/h1,3-6,10,23H,7-9H2,(H,20,21,22). The van der Waals surface area contributed by atoms with Crippen LogP contribution in [-0.2, 0) is 12.6 Å². The topological polar surface area (TPSA) is 67.3 Å². The second kappa shape index (κ2) is 7.66. The zero-order chi connectivity index (χ0) is 17.6. The van der Waals surface area contributed by atoms with E-state index in [0.29, 0.717) is 18.3 Å². The van der Waals surface area contributed by atoms with Crippen molar-refractivity contribution in [2.24, 2.45) is 0 Å². The lowest BCUT2D eigenvalue weighted by Crippen LogP contribution is -2.12. The van der Waals surface area contributed by atoms with Gasteiger partial charge in [0.05, 0.1) is 0 Å². The summed E-state index contributed by atoms with van der Waals surface area (Å²) in [6.45, 7) is -0.305. The molecule has 5 nitrogen and oxygen atoms in total.